The number of ether oxygens (including phenoxy) is 2. The molecule has 86 valence electrons. The van der Waals surface area contributed by atoms with Gasteiger partial charge >= 0.3 is 0 Å². The molecule has 5 heteroatoms. The number of nitrogens with zero attached hydrogens (tertiary/aromatic N) is 1. The smallest absolute Gasteiger partial charge is 0.145 e. The molecule has 4 nitrogen and oxygen atoms in total. The number of nitriles is 1. The Balaban J connectivity index is 2.69. The fraction of sp³-hybridized carbons (Fsp3) is 0.364. The Bertz CT molecular complexity index is 402. The number of rotatable bonds is 5. The number of nitrogen functional groups attached to an aromatic ring is 1. The molecule has 1 rings (SSSR count). The first-order valence-electron chi connectivity index (χ1n) is 4.81. The van der Waals surface area contributed by atoms with Crippen LogP contribution in [0.1, 0.15) is 12.8 Å². The van der Waals surface area contributed by atoms with Crippen molar-refractivity contribution in [1.82, 2.24) is 0 Å². The second-order valence-corrected chi connectivity index (χ2v) is 3.54. The van der Waals surface area contributed by atoms with Gasteiger partial charge in [0.15, 0.2) is 0 Å². The molecule has 0 aliphatic carbocycles. The van der Waals surface area contributed by atoms with Crippen LogP contribution in [0.15, 0.2) is 12.1 Å². The monoisotopic (exact) mass is 240 g/mol. The normalized spacial score (nSPS) is 9.56. The first-order chi connectivity index (χ1) is 7.69. The highest BCUT2D eigenvalue weighted by Crippen LogP contribution is 2.34. The molecule has 0 heterocycles. The van der Waals surface area contributed by atoms with Crippen LogP contribution in [0.25, 0.3) is 0 Å². The van der Waals surface area contributed by atoms with Crippen LogP contribution in [-0.2, 0) is 0 Å². The van der Waals surface area contributed by atoms with Crippen LogP contribution in [0.2, 0.25) is 5.02 Å². The molecule has 0 amide bonds. The summed E-state index contributed by atoms with van der Waals surface area (Å²) >= 11 is 5.95. The zero-order chi connectivity index (χ0) is 12.0. The summed E-state index contributed by atoms with van der Waals surface area (Å²) < 4.78 is 10.5. The van der Waals surface area contributed by atoms with Crippen LogP contribution in [0.5, 0.6) is 11.5 Å². The number of unbranched alkanes of at least 4 members (excludes halogenated alkanes) is 1. The van der Waals surface area contributed by atoms with E-state index in [2.05, 4.69) is 0 Å². The quantitative estimate of drug-likeness (QED) is 0.635. The van der Waals surface area contributed by atoms with Crippen LogP contribution in [0.3, 0.4) is 0 Å². The molecule has 0 unspecified atom stereocenters. The van der Waals surface area contributed by atoms with Crippen molar-refractivity contribution >= 4 is 17.3 Å². The maximum Gasteiger partial charge on any atom is 0.145 e. The average molecular weight is 241 g/mol. The van der Waals surface area contributed by atoms with Gasteiger partial charge in [0.25, 0.3) is 0 Å². The molecule has 0 aromatic heterocycles. The topological polar surface area (TPSA) is 68.3 Å². The second kappa shape index (κ2) is 6.09. The highest BCUT2D eigenvalue weighted by Gasteiger charge is 2.07. The molecule has 0 atom stereocenters. The predicted molar refractivity (Wildman–Crippen MR) is 62.8 cm³/mol. The lowest BCUT2D eigenvalue weighted by atomic mass is 10.3. The van der Waals surface area contributed by atoms with E-state index in [4.69, 9.17) is 32.1 Å². The van der Waals surface area contributed by atoms with E-state index in [1.165, 1.54) is 7.11 Å². The van der Waals surface area contributed by atoms with Gasteiger partial charge in [0.1, 0.15) is 11.5 Å². The molecule has 16 heavy (non-hydrogen) atoms. The summed E-state index contributed by atoms with van der Waals surface area (Å²) in [7, 11) is 1.53. The van der Waals surface area contributed by atoms with E-state index in [0.717, 1.165) is 0 Å². The van der Waals surface area contributed by atoms with Gasteiger partial charge in [-0.25, -0.2) is 0 Å². The zero-order valence-corrected chi connectivity index (χ0v) is 9.75. The van der Waals surface area contributed by atoms with Crippen molar-refractivity contribution in [3.63, 3.8) is 0 Å². The van der Waals surface area contributed by atoms with Crippen molar-refractivity contribution in [1.29, 1.82) is 5.26 Å². The number of hydrogen-bond acceptors (Lipinski definition) is 4. The van der Waals surface area contributed by atoms with Gasteiger partial charge in [-0.2, -0.15) is 5.26 Å². The lowest BCUT2D eigenvalue weighted by molar-refractivity contribution is 0.310. The van der Waals surface area contributed by atoms with Crippen LogP contribution in [0, 0.1) is 11.3 Å². The highest BCUT2D eigenvalue weighted by molar-refractivity contribution is 6.32. The van der Waals surface area contributed by atoms with Gasteiger partial charge < -0.3 is 15.2 Å². The molecule has 2 N–H and O–H groups in total. The summed E-state index contributed by atoms with van der Waals surface area (Å²) in [6.45, 7) is 0.445. The first kappa shape index (κ1) is 12.5. The summed E-state index contributed by atoms with van der Waals surface area (Å²) in [6, 6.07) is 5.27. The van der Waals surface area contributed by atoms with Crippen LogP contribution in [0.4, 0.5) is 5.69 Å². The molecule has 0 saturated carbocycles. The number of nitrogens with two attached hydrogens (primary N) is 1. The molecule has 0 aliphatic heterocycles. The van der Waals surface area contributed by atoms with Crippen LogP contribution >= 0.6 is 11.6 Å². The minimum atomic E-state index is 0.440. The van der Waals surface area contributed by atoms with Crippen molar-refractivity contribution in [2.75, 3.05) is 19.5 Å². The maximum absolute atomic E-state index is 8.37. The third-order valence-electron chi connectivity index (χ3n) is 1.97. The van der Waals surface area contributed by atoms with E-state index >= 15 is 0 Å². The predicted octanol–water partition coefficient (Wildman–Crippen LogP) is 2.61. The largest absolute Gasteiger partial charge is 0.494 e. The Kier molecular flexibility index (Phi) is 4.74. The molecule has 1 aromatic carbocycles. The van der Waals surface area contributed by atoms with Crippen molar-refractivity contribution < 1.29 is 9.47 Å². The standard InChI is InChI=1S/C11H13ClN2O2/c1-15-11-7-10(8(12)6-9(11)14)16-5-3-2-4-13/h6-7H,2-3,5,14H2,1H3. The van der Waals surface area contributed by atoms with E-state index in [1.54, 1.807) is 12.1 Å². The minimum absolute atomic E-state index is 0.440. The van der Waals surface area contributed by atoms with E-state index in [0.29, 0.717) is 41.7 Å². The SMILES string of the molecule is COc1cc(OCCCC#N)c(Cl)cc1N. The van der Waals surface area contributed by atoms with E-state index in [1.807, 2.05) is 6.07 Å². The average Bonchev–Trinajstić information content (AvgIpc) is 2.27. The van der Waals surface area contributed by atoms with Crippen molar-refractivity contribution in [2.24, 2.45) is 0 Å². The Hall–Kier alpha value is -1.60. The Morgan fingerprint density at radius 2 is 2.19 bits per heavy atom. The van der Waals surface area contributed by atoms with E-state index < -0.39 is 0 Å². The lowest BCUT2D eigenvalue weighted by Crippen LogP contribution is -1.99. The third kappa shape index (κ3) is 3.21. The second-order valence-electron chi connectivity index (χ2n) is 3.13. The number of anilines is 1. The summed E-state index contributed by atoms with van der Waals surface area (Å²) in [4.78, 5) is 0. The van der Waals surface area contributed by atoms with Gasteiger partial charge in [0, 0.05) is 12.5 Å². The van der Waals surface area contributed by atoms with Gasteiger partial charge in [0.05, 0.1) is 30.5 Å². The number of methoxy groups -OCH3 is 1. The Morgan fingerprint density at radius 1 is 1.44 bits per heavy atom. The fourth-order valence-corrected chi connectivity index (χ4v) is 1.40. The molecule has 0 saturated heterocycles. The van der Waals surface area contributed by atoms with Gasteiger partial charge in [-0.15, -0.1) is 0 Å². The molecule has 0 spiro atoms. The van der Waals surface area contributed by atoms with Gasteiger partial charge in [-0.05, 0) is 12.5 Å². The lowest BCUT2D eigenvalue weighted by Gasteiger charge is -2.10. The van der Waals surface area contributed by atoms with Gasteiger partial charge in [-0.1, -0.05) is 11.6 Å². The summed E-state index contributed by atoms with van der Waals surface area (Å²) in [5.41, 5.74) is 6.14. The zero-order valence-electron chi connectivity index (χ0n) is 9.00. The number of benzene rings is 1. The van der Waals surface area contributed by atoms with Crippen molar-refractivity contribution in [3.8, 4) is 17.6 Å². The van der Waals surface area contributed by atoms with Crippen molar-refractivity contribution in [3.05, 3.63) is 17.2 Å². The number of hydrogen-bond donors (Lipinski definition) is 1. The van der Waals surface area contributed by atoms with Crippen molar-refractivity contribution in [2.45, 2.75) is 12.8 Å². The minimum Gasteiger partial charge on any atom is -0.494 e. The van der Waals surface area contributed by atoms with Crippen LogP contribution < -0.4 is 15.2 Å². The van der Waals surface area contributed by atoms with Crippen LogP contribution in [-0.4, -0.2) is 13.7 Å². The third-order valence-corrected chi connectivity index (χ3v) is 2.27. The van der Waals surface area contributed by atoms with Gasteiger partial charge in [-0.3, -0.25) is 0 Å². The Labute approximate surface area is 99.5 Å². The fourth-order valence-electron chi connectivity index (χ4n) is 1.17. The molecule has 0 bridgehead atoms. The molecule has 0 radical (unpaired) electrons. The summed E-state index contributed by atoms with van der Waals surface area (Å²) in [6.07, 6.45) is 1.13. The summed E-state index contributed by atoms with van der Waals surface area (Å²) in [5.74, 6) is 1.05. The van der Waals surface area contributed by atoms with E-state index in [9.17, 15) is 0 Å². The first-order valence-corrected chi connectivity index (χ1v) is 5.19. The van der Waals surface area contributed by atoms with Gasteiger partial charge in [0.2, 0.25) is 0 Å². The molecular formula is C11H13ClN2O2. The molecule has 0 aliphatic rings. The van der Waals surface area contributed by atoms with E-state index in [-0.39, 0.29) is 0 Å². The highest BCUT2D eigenvalue weighted by atomic mass is 35.5. The Morgan fingerprint density at radius 3 is 2.81 bits per heavy atom. The molecule has 0 fully saturated rings. The number of halogens is 1. The molecule has 1 aromatic rings. The molecular weight excluding hydrogens is 228 g/mol. The maximum atomic E-state index is 8.37. The summed E-state index contributed by atoms with van der Waals surface area (Å²) in [5, 5.41) is 8.81.